The molecule has 2 rings (SSSR count). The second-order valence-electron chi connectivity index (χ2n) is 4.38. The second-order valence-corrected chi connectivity index (χ2v) is 4.38. The minimum atomic E-state index is 0.591. The van der Waals surface area contributed by atoms with Crippen molar-refractivity contribution in [3.8, 4) is 6.07 Å². The molecule has 4 nitrogen and oxygen atoms in total. The van der Waals surface area contributed by atoms with Crippen LogP contribution in [0.15, 0.2) is 42.7 Å². The molecule has 0 aliphatic rings. The Morgan fingerprint density at radius 3 is 2.45 bits per heavy atom. The van der Waals surface area contributed by atoms with E-state index in [4.69, 9.17) is 5.26 Å². The molecule has 0 atom stereocenters. The van der Waals surface area contributed by atoms with Crippen LogP contribution in [0.1, 0.15) is 19.4 Å². The topological polar surface area (TPSA) is 52.0 Å². The van der Waals surface area contributed by atoms with Gasteiger partial charge in [0.25, 0.3) is 0 Å². The first-order chi connectivity index (χ1) is 9.78. The molecule has 20 heavy (non-hydrogen) atoms. The van der Waals surface area contributed by atoms with E-state index in [0.717, 1.165) is 24.5 Å². The number of hydrogen-bond donors (Lipinski definition) is 1. The van der Waals surface area contributed by atoms with E-state index in [9.17, 15) is 0 Å². The van der Waals surface area contributed by atoms with Gasteiger partial charge in [0, 0.05) is 30.7 Å². The zero-order valence-electron chi connectivity index (χ0n) is 11.8. The Bertz CT molecular complexity index is 595. The highest BCUT2D eigenvalue weighted by atomic mass is 15.1. The van der Waals surface area contributed by atoms with Gasteiger partial charge in [0.05, 0.1) is 17.4 Å². The average Bonchev–Trinajstić information content (AvgIpc) is 2.51. The minimum Gasteiger partial charge on any atom is -0.372 e. The summed E-state index contributed by atoms with van der Waals surface area (Å²) in [4.78, 5) is 6.33. The maximum atomic E-state index is 9.05. The molecule has 0 aliphatic carbocycles. The van der Waals surface area contributed by atoms with Crippen LogP contribution >= 0.6 is 0 Å². The Morgan fingerprint density at radius 1 is 1.15 bits per heavy atom. The van der Waals surface area contributed by atoms with Crippen LogP contribution in [0.5, 0.6) is 0 Å². The summed E-state index contributed by atoms with van der Waals surface area (Å²) in [5.41, 5.74) is 3.47. The Hall–Kier alpha value is -2.54. The number of pyridine rings is 1. The summed E-state index contributed by atoms with van der Waals surface area (Å²) in [6.45, 7) is 6.27. The maximum absolute atomic E-state index is 9.05. The SMILES string of the molecule is CCN(CC)c1ccc(Nc2cnccc2C#N)cc1. The van der Waals surface area contributed by atoms with Crippen molar-refractivity contribution in [2.75, 3.05) is 23.3 Å². The van der Waals surface area contributed by atoms with Gasteiger partial charge < -0.3 is 10.2 Å². The summed E-state index contributed by atoms with van der Waals surface area (Å²) in [5, 5.41) is 12.3. The summed E-state index contributed by atoms with van der Waals surface area (Å²) < 4.78 is 0. The van der Waals surface area contributed by atoms with Crippen LogP contribution in [0.3, 0.4) is 0 Å². The van der Waals surface area contributed by atoms with Crippen molar-refractivity contribution < 1.29 is 0 Å². The molecule has 0 aliphatic heterocycles. The van der Waals surface area contributed by atoms with Crippen molar-refractivity contribution in [1.82, 2.24) is 4.98 Å². The predicted octanol–water partition coefficient (Wildman–Crippen LogP) is 3.54. The molecule has 102 valence electrons. The summed E-state index contributed by atoms with van der Waals surface area (Å²) in [6, 6.07) is 12.0. The van der Waals surface area contributed by atoms with Crippen molar-refractivity contribution in [3.63, 3.8) is 0 Å². The Kier molecular flexibility index (Phi) is 4.56. The molecule has 4 heteroatoms. The third kappa shape index (κ3) is 3.07. The Labute approximate surface area is 119 Å². The van der Waals surface area contributed by atoms with E-state index >= 15 is 0 Å². The first kappa shape index (κ1) is 13.9. The molecule has 1 N–H and O–H groups in total. The molecule has 1 heterocycles. The van der Waals surface area contributed by atoms with Gasteiger partial charge in [-0.1, -0.05) is 0 Å². The van der Waals surface area contributed by atoms with Gasteiger partial charge in [0.2, 0.25) is 0 Å². The van der Waals surface area contributed by atoms with Crippen molar-refractivity contribution >= 4 is 17.1 Å². The first-order valence-electron chi connectivity index (χ1n) is 6.74. The lowest BCUT2D eigenvalue weighted by molar-refractivity contribution is 0.866. The molecule has 1 aromatic heterocycles. The van der Waals surface area contributed by atoms with Crippen LogP contribution in [0.4, 0.5) is 17.1 Å². The number of anilines is 3. The zero-order chi connectivity index (χ0) is 14.4. The fourth-order valence-corrected chi connectivity index (χ4v) is 2.09. The van der Waals surface area contributed by atoms with Crippen LogP contribution in [-0.4, -0.2) is 18.1 Å². The number of nitrogens with one attached hydrogen (secondary N) is 1. The fraction of sp³-hybridized carbons (Fsp3) is 0.250. The standard InChI is InChI=1S/C16H18N4/c1-3-20(4-2)15-7-5-14(6-8-15)19-16-12-18-10-9-13(16)11-17/h5-10,12,19H,3-4H2,1-2H3. The predicted molar refractivity (Wildman–Crippen MR) is 82.2 cm³/mol. The van der Waals surface area contributed by atoms with E-state index in [1.807, 2.05) is 12.1 Å². The molecule has 0 unspecified atom stereocenters. The van der Waals surface area contributed by atoms with Gasteiger partial charge in [0.15, 0.2) is 0 Å². The molecule has 0 bridgehead atoms. The van der Waals surface area contributed by atoms with Crippen LogP contribution in [-0.2, 0) is 0 Å². The highest BCUT2D eigenvalue weighted by Gasteiger charge is 2.04. The molecule has 1 aromatic carbocycles. The third-order valence-electron chi connectivity index (χ3n) is 3.22. The summed E-state index contributed by atoms with van der Waals surface area (Å²) in [6.07, 6.45) is 3.28. The van der Waals surface area contributed by atoms with E-state index < -0.39 is 0 Å². The first-order valence-corrected chi connectivity index (χ1v) is 6.74. The number of hydrogen-bond acceptors (Lipinski definition) is 4. The molecule has 0 spiro atoms. The fourth-order valence-electron chi connectivity index (χ4n) is 2.09. The Balaban J connectivity index is 2.17. The van der Waals surface area contributed by atoms with E-state index in [1.165, 1.54) is 5.69 Å². The van der Waals surface area contributed by atoms with Crippen LogP contribution in [0, 0.1) is 11.3 Å². The maximum Gasteiger partial charge on any atom is 0.101 e. The van der Waals surface area contributed by atoms with E-state index in [0.29, 0.717) is 5.56 Å². The van der Waals surface area contributed by atoms with Gasteiger partial charge in [-0.05, 0) is 44.2 Å². The Morgan fingerprint density at radius 2 is 1.85 bits per heavy atom. The zero-order valence-corrected chi connectivity index (χ0v) is 11.8. The average molecular weight is 266 g/mol. The second kappa shape index (κ2) is 6.58. The molecule has 2 aromatic rings. The summed E-state index contributed by atoms with van der Waals surface area (Å²) in [7, 11) is 0. The summed E-state index contributed by atoms with van der Waals surface area (Å²) in [5.74, 6) is 0. The van der Waals surface area contributed by atoms with Gasteiger partial charge in [-0.15, -0.1) is 0 Å². The number of nitriles is 1. The van der Waals surface area contributed by atoms with E-state index in [2.05, 4.69) is 47.3 Å². The number of nitrogens with zero attached hydrogens (tertiary/aromatic N) is 3. The molecular formula is C16H18N4. The monoisotopic (exact) mass is 266 g/mol. The van der Waals surface area contributed by atoms with Gasteiger partial charge in [-0.3, -0.25) is 4.98 Å². The lowest BCUT2D eigenvalue weighted by atomic mass is 10.2. The largest absolute Gasteiger partial charge is 0.372 e. The van der Waals surface area contributed by atoms with Gasteiger partial charge in [0.1, 0.15) is 6.07 Å². The van der Waals surface area contributed by atoms with Crippen molar-refractivity contribution in [3.05, 3.63) is 48.3 Å². The molecule has 0 radical (unpaired) electrons. The third-order valence-corrected chi connectivity index (χ3v) is 3.22. The van der Waals surface area contributed by atoms with Crippen molar-refractivity contribution in [2.24, 2.45) is 0 Å². The molecule has 0 amide bonds. The smallest absolute Gasteiger partial charge is 0.101 e. The number of rotatable bonds is 5. The summed E-state index contributed by atoms with van der Waals surface area (Å²) >= 11 is 0. The van der Waals surface area contributed by atoms with Crippen molar-refractivity contribution in [2.45, 2.75) is 13.8 Å². The van der Waals surface area contributed by atoms with Gasteiger partial charge in [-0.25, -0.2) is 0 Å². The van der Waals surface area contributed by atoms with Crippen LogP contribution in [0.25, 0.3) is 0 Å². The minimum absolute atomic E-state index is 0.591. The molecule has 0 saturated heterocycles. The lowest BCUT2D eigenvalue weighted by Gasteiger charge is -2.21. The van der Waals surface area contributed by atoms with Gasteiger partial charge >= 0.3 is 0 Å². The highest BCUT2D eigenvalue weighted by molar-refractivity contribution is 5.67. The normalized spacial score (nSPS) is 9.85. The quantitative estimate of drug-likeness (QED) is 0.899. The van der Waals surface area contributed by atoms with Crippen molar-refractivity contribution in [1.29, 1.82) is 5.26 Å². The van der Waals surface area contributed by atoms with Gasteiger partial charge in [-0.2, -0.15) is 5.26 Å². The lowest BCUT2D eigenvalue weighted by Crippen LogP contribution is -2.21. The molecule has 0 saturated carbocycles. The number of aromatic nitrogens is 1. The molecule has 0 fully saturated rings. The number of benzene rings is 1. The van der Waals surface area contributed by atoms with E-state index in [1.54, 1.807) is 18.5 Å². The van der Waals surface area contributed by atoms with Crippen LogP contribution in [0.2, 0.25) is 0 Å². The van der Waals surface area contributed by atoms with E-state index in [-0.39, 0.29) is 0 Å². The van der Waals surface area contributed by atoms with Crippen LogP contribution < -0.4 is 10.2 Å². The molecular weight excluding hydrogens is 248 g/mol. The highest BCUT2D eigenvalue weighted by Crippen LogP contribution is 2.22.